The normalized spacial score (nSPS) is 20.3. The number of nitrogen functional groups attached to an aromatic ring is 1. The summed E-state index contributed by atoms with van der Waals surface area (Å²) in [5.41, 5.74) is 6.23. The summed E-state index contributed by atoms with van der Waals surface area (Å²) in [6, 6.07) is 4.81. The lowest BCUT2D eigenvalue weighted by molar-refractivity contribution is 0.0683. The van der Waals surface area contributed by atoms with E-state index in [1.54, 1.807) is 4.90 Å². The first-order chi connectivity index (χ1) is 16.5. The molecule has 1 aromatic carbocycles. The fraction of sp³-hybridized carbons (Fsp3) is 0.286. The molecule has 1 fully saturated rings. The maximum absolute atomic E-state index is 14.3. The minimum Gasteiger partial charge on any atom is -0.368 e. The molecular weight excluding hydrogens is 593 g/mol. The number of likely N-dealkylation sites (tertiary alicyclic amines) is 1. The Labute approximate surface area is 212 Å². The first-order valence-electron chi connectivity index (χ1n) is 10.5. The number of piperidine rings is 1. The second-order valence-corrected chi connectivity index (χ2v) is 11.9. The molecule has 3 aromatic heterocycles. The van der Waals surface area contributed by atoms with Crippen LogP contribution in [0.3, 0.4) is 0 Å². The van der Waals surface area contributed by atoms with Crippen LogP contribution in [0, 0.1) is 16.4 Å². The first-order valence-corrected chi connectivity index (χ1v) is 13.7. The van der Waals surface area contributed by atoms with E-state index in [9.17, 15) is 17.8 Å². The van der Waals surface area contributed by atoms with E-state index < -0.39 is 21.4 Å². The Balaban J connectivity index is 1.48. The van der Waals surface area contributed by atoms with Crippen LogP contribution in [-0.2, 0) is 9.73 Å². The van der Waals surface area contributed by atoms with Gasteiger partial charge in [0.25, 0.3) is 5.91 Å². The van der Waals surface area contributed by atoms with E-state index in [2.05, 4.69) is 42.6 Å². The van der Waals surface area contributed by atoms with Gasteiger partial charge >= 0.3 is 0 Å². The zero-order valence-corrected chi connectivity index (χ0v) is 21.3. The zero-order chi connectivity index (χ0) is 25.1. The van der Waals surface area contributed by atoms with Crippen LogP contribution in [0.4, 0.5) is 14.7 Å². The number of hydrogen-bond acceptors (Lipinski definition) is 8. The molecule has 0 radical (unpaired) electrons. The van der Waals surface area contributed by atoms with Crippen molar-refractivity contribution in [2.45, 2.75) is 27.7 Å². The number of pyridine rings is 1. The molecule has 2 unspecified atom stereocenters. The molecular formula is C21H19F2IN8O2S. The molecule has 1 saturated heterocycles. The Morgan fingerprint density at radius 2 is 2.03 bits per heavy atom. The largest absolute Gasteiger partial charge is 0.368 e. The summed E-state index contributed by atoms with van der Waals surface area (Å²) in [5.74, 6) is -1.87. The third-order valence-electron chi connectivity index (χ3n) is 5.88. The highest BCUT2D eigenvalue weighted by Crippen LogP contribution is 2.33. The summed E-state index contributed by atoms with van der Waals surface area (Å²) in [6.07, 6.45) is 3.93. The maximum Gasteiger partial charge on any atom is 0.273 e. The van der Waals surface area contributed by atoms with Crippen molar-refractivity contribution < 1.29 is 17.8 Å². The molecule has 3 N–H and O–H groups in total. The van der Waals surface area contributed by atoms with Gasteiger partial charge in [0.05, 0.1) is 24.1 Å². The Hall–Kier alpha value is -3.01. The first kappa shape index (κ1) is 23.7. The summed E-state index contributed by atoms with van der Waals surface area (Å²) in [4.78, 5) is 27.8. The minimum atomic E-state index is -2.93. The number of nitrogens with zero attached hydrogens (tertiary/aromatic N) is 6. The van der Waals surface area contributed by atoms with E-state index in [1.165, 1.54) is 29.1 Å². The zero-order valence-electron chi connectivity index (χ0n) is 18.3. The van der Waals surface area contributed by atoms with Crippen LogP contribution in [0.1, 0.15) is 35.1 Å². The SMILES string of the molecule is CS(=N)(=O)c1ccc(C(=O)N2CC(c3nc4c5cc(F)cc(F)c5nc(N)n4n3)CC[C@@H]2I)nc1. The van der Waals surface area contributed by atoms with Gasteiger partial charge < -0.3 is 10.6 Å². The summed E-state index contributed by atoms with van der Waals surface area (Å²) >= 11 is 2.19. The quantitative estimate of drug-likeness (QED) is 0.205. The Kier molecular flexibility index (Phi) is 5.82. The number of rotatable bonds is 3. The van der Waals surface area contributed by atoms with Crippen LogP contribution in [0.15, 0.2) is 35.4 Å². The molecule has 4 heterocycles. The van der Waals surface area contributed by atoms with E-state index in [-0.39, 0.29) is 49.0 Å². The van der Waals surface area contributed by atoms with Crippen LogP contribution in [0.5, 0.6) is 0 Å². The van der Waals surface area contributed by atoms with Gasteiger partial charge in [-0.1, -0.05) is 22.6 Å². The van der Waals surface area contributed by atoms with Crippen molar-refractivity contribution in [3.63, 3.8) is 0 Å². The summed E-state index contributed by atoms with van der Waals surface area (Å²) < 4.78 is 48.9. The van der Waals surface area contributed by atoms with Gasteiger partial charge in [-0.15, -0.1) is 5.10 Å². The average molecular weight is 612 g/mol. The van der Waals surface area contributed by atoms with Gasteiger partial charge in [-0.05, 0) is 31.0 Å². The summed E-state index contributed by atoms with van der Waals surface area (Å²) in [7, 11) is -2.93. The number of halogens is 3. The number of carbonyl (C=O) groups excluding carboxylic acids is 1. The number of alkyl halides is 1. The Morgan fingerprint density at radius 1 is 1.26 bits per heavy atom. The lowest BCUT2D eigenvalue weighted by Gasteiger charge is -2.35. The second-order valence-electron chi connectivity index (χ2n) is 8.35. The van der Waals surface area contributed by atoms with Crippen molar-refractivity contribution in [3.8, 4) is 0 Å². The molecule has 1 aliphatic heterocycles. The van der Waals surface area contributed by atoms with Crippen LogP contribution in [0.2, 0.25) is 0 Å². The fourth-order valence-corrected chi connectivity index (χ4v) is 5.51. The Bertz CT molecular complexity index is 1590. The molecule has 0 aliphatic carbocycles. The number of nitrogens with two attached hydrogens (primary N) is 1. The minimum absolute atomic E-state index is 0.0848. The number of anilines is 1. The van der Waals surface area contributed by atoms with Crippen molar-refractivity contribution >= 4 is 60.7 Å². The fourth-order valence-electron chi connectivity index (χ4n) is 4.09. The van der Waals surface area contributed by atoms with Gasteiger partial charge in [0.15, 0.2) is 17.3 Å². The van der Waals surface area contributed by atoms with Gasteiger partial charge in [-0.3, -0.25) is 4.79 Å². The third kappa shape index (κ3) is 4.28. The van der Waals surface area contributed by atoms with Crippen LogP contribution in [0.25, 0.3) is 16.6 Å². The monoisotopic (exact) mass is 612 g/mol. The van der Waals surface area contributed by atoms with E-state index in [4.69, 9.17) is 10.5 Å². The number of carbonyl (C=O) groups is 1. The number of nitrogens with one attached hydrogen (secondary N) is 1. The third-order valence-corrected chi connectivity index (χ3v) is 8.31. The van der Waals surface area contributed by atoms with Crippen molar-refractivity contribution in [1.29, 1.82) is 4.78 Å². The van der Waals surface area contributed by atoms with Crippen LogP contribution < -0.4 is 5.73 Å². The molecule has 4 aromatic rings. The molecule has 3 atom stereocenters. The highest BCUT2D eigenvalue weighted by molar-refractivity contribution is 14.1. The highest BCUT2D eigenvalue weighted by Gasteiger charge is 2.34. The van der Waals surface area contributed by atoms with Crippen molar-refractivity contribution in [2.24, 2.45) is 0 Å². The van der Waals surface area contributed by atoms with E-state index >= 15 is 0 Å². The van der Waals surface area contributed by atoms with Gasteiger partial charge in [0.1, 0.15) is 17.0 Å². The highest BCUT2D eigenvalue weighted by atomic mass is 127. The van der Waals surface area contributed by atoms with Crippen molar-refractivity contribution in [1.82, 2.24) is 29.5 Å². The lowest BCUT2D eigenvalue weighted by Crippen LogP contribution is -2.44. The maximum atomic E-state index is 14.3. The van der Waals surface area contributed by atoms with Gasteiger partial charge in [-0.2, -0.15) is 4.52 Å². The predicted molar refractivity (Wildman–Crippen MR) is 133 cm³/mol. The van der Waals surface area contributed by atoms with Crippen LogP contribution in [-0.4, -0.2) is 56.4 Å². The number of hydrogen-bond donors (Lipinski definition) is 2. The standard InChI is InChI=1S/C21H19F2IN8O2S/c1-35(26,34)12-3-4-15(27-8-12)20(33)31-9-10(2-5-16(31)24)18-29-19-13-6-11(22)7-14(23)17(13)28-21(25)32(19)30-18/h3-4,6-8,10,16,26H,2,5,9H2,1H3,(H2,25,28)/t10?,16-,35?/m1/s1. The molecule has 1 aliphatic rings. The van der Waals surface area contributed by atoms with Crippen molar-refractivity contribution in [2.75, 3.05) is 18.5 Å². The molecule has 35 heavy (non-hydrogen) atoms. The number of amides is 1. The molecule has 14 heteroatoms. The van der Waals surface area contributed by atoms with Gasteiger partial charge in [0, 0.05) is 31.0 Å². The topological polar surface area (TPSA) is 143 Å². The second kappa shape index (κ2) is 8.58. The van der Waals surface area contributed by atoms with Crippen molar-refractivity contribution in [3.05, 3.63) is 53.6 Å². The van der Waals surface area contributed by atoms with Gasteiger partial charge in [0.2, 0.25) is 5.95 Å². The molecule has 0 spiro atoms. The molecule has 10 nitrogen and oxygen atoms in total. The molecule has 5 rings (SSSR count). The molecule has 0 saturated carbocycles. The van der Waals surface area contributed by atoms with E-state index in [0.29, 0.717) is 25.2 Å². The lowest BCUT2D eigenvalue weighted by atomic mass is 9.97. The molecule has 1 amide bonds. The smallest absolute Gasteiger partial charge is 0.273 e. The van der Waals surface area contributed by atoms with Gasteiger partial charge in [-0.25, -0.2) is 32.7 Å². The Morgan fingerprint density at radius 3 is 2.71 bits per heavy atom. The molecule has 0 bridgehead atoms. The van der Waals surface area contributed by atoms with E-state index in [1.807, 2.05) is 0 Å². The summed E-state index contributed by atoms with van der Waals surface area (Å²) in [6.45, 7) is 0.295. The predicted octanol–water partition coefficient (Wildman–Crippen LogP) is 3.35. The average Bonchev–Trinajstić information content (AvgIpc) is 3.26. The van der Waals surface area contributed by atoms with E-state index in [0.717, 1.165) is 12.1 Å². The number of benzene rings is 1. The number of fused-ring (bicyclic) bond motifs is 3. The number of aromatic nitrogens is 5. The summed E-state index contributed by atoms with van der Waals surface area (Å²) in [5, 5.41) is 4.59. The molecule has 182 valence electrons. The van der Waals surface area contributed by atoms with Crippen LogP contribution >= 0.6 is 22.6 Å².